The fourth-order valence-corrected chi connectivity index (χ4v) is 3.02. The molecule has 0 radical (unpaired) electrons. The number of fused-ring (bicyclic) bond motifs is 1. The fraction of sp³-hybridized carbons (Fsp3) is 0.235. The van der Waals surface area contributed by atoms with Gasteiger partial charge in [-0.2, -0.15) is 5.26 Å². The van der Waals surface area contributed by atoms with Crippen molar-refractivity contribution in [3.05, 3.63) is 42.6 Å². The first-order valence-electron chi connectivity index (χ1n) is 7.41. The summed E-state index contributed by atoms with van der Waals surface area (Å²) in [6, 6.07) is 11.7. The van der Waals surface area contributed by atoms with Crippen LogP contribution in [0.25, 0.3) is 11.1 Å². The van der Waals surface area contributed by atoms with E-state index in [1.54, 1.807) is 6.20 Å². The summed E-state index contributed by atoms with van der Waals surface area (Å²) in [6.07, 6.45) is 4.28. The van der Waals surface area contributed by atoms with Crippen molar-refractivity contribution in [3.63, 3.8) is 0 Å². The fourth-order valence-electron chi connectivity index (χ4n) is 3.02. The van der Waals surface area contributed by atoms with Crippen LogP contribution in [0, 0.1) is 11.5 Å². The lowest BCUT2D eigenvalue weighted by molar-refractivity contribution is -0.131. The SMILES string of the molecule is N#CN1CC[C@@]2(C1)Oc1ncc(-c3ccccc3)cc1NC2=O. The smallest absolute Gasteiger partial charge is 0.270 e. The predicted octanol–water partition coefficient (Wildman–Crippen LogP) is 2.01. The number of pyridine rings is 1. The quantitative estimate of drug-likeness (QED) is 0.815. The molecule has 0 aliphatic carbocycles. The van der Waals surface area contributed by atoms with Crippen LogP contribution >= 0.6 is 0 Å². The molecule has 3 heterocycles. The molecule has 4 rings (SSSR count). The lowest BCUT2D eigenvalue weighted by Gasteiger charge is -2.33. The molecule has 1 amide bonds. The van der Waals surface area contributed by atoms with E-state index in [-0.39, 0.29) is 12.5 Å². The topological polar surface area (TPSA) is 78.2 Å². The van der Waals surface area contributed by atoms with Crippen molar-refractivity contribution in [1.82, 2.24) is 9.88 Å². The number of anilines is 1. The molecule has 2 aliphatic heterocycles. The minimum absolute atomic E-state index is 0.213. The summed E-state index contributed by atoms with van der Waals surface area (Å²) in [6.45, 7) is 0.776. The first-order valence-corrected chi connectivity index (χ1v) is 7.41. The predicted molar refractivity (Wildman–Crippen MR) is 83.5 cm³/mol. The second-order valence-corrected chi connectivity index (χ2v) is 5.76. The number of rotatable bonds is 1. The Hall–Kier alpha value is -3.07. The lowest BCUT2D eigenvalue weighted by atomic mass is 9.99. The molecule has 1 N–H and O–H groups in total. The van der Waals surface area contributed by atoms with E-state index in [2.05, 4.69) is 16.5 Å². The molecular weight excluding hydrogens is 292 g/mol. The molecule has 23 heavy (non-hydrogen) atoms. The highest BCUT2D eigenvalue weighted by Crippen LogP contribution is 2.38. The molecule has 0 unspecified atom stereocenters. The van der Waals surface area contributed by atoms with Crippen molar-refractivity contribution in [1.29, 1.82) is 5.26 Å². The van der Waals surface area contributed by atoms with Gasteiger partial charge in [0, 0.05) is 24.7 Å². The molecular formula is C17H14N4O2. The van der Waals surface area contributed by atoms with Gasteiger partial charge in [-0.1, -0.05) is 30.3 Å². The number of nitriles is 1. The van der Waals surface area contributed by atoms with Gasteiger partial charge >= 0.3 is 0 Å². The van der Waals surface area contributed by atoms with Crippen molar-refractivity contribution in [2.24, 2.45) is 0 Å². The molecule has 6 heteroatoms. The maximum atomic E-state index is 12.5. The average molecular weight is 306 g/mol. The zero-order chi connectivity index (χ0) is 15.9. The third kappa shape index (κ3) is 2.18. The van der Waals surface area contributed by atoms with Crippen LogP contribution in [0.3, 0.4) is 0 Å². The standard InChI is InChI=1S/C17H14N4O2/c18-11-21-7-6-17(10-21)16(22)20-14-8-13(9-19-15(14)23-17)12-4-2-1-3-5-12/h1-5,8-9H,6-7,10H2,(H,20,22)/t17-/m0/s1. The Labute approximate surface area is 133 Å². The number of likely N-dealkylation sites (tertiary alicyclic amines) is 1. The third-order valence-electron chi connectivity index (χ3n) is 4.29. The summed E-state index contributed by atoms with van der Waals surface area (Å²) in [4.78, 5) is 18.4. The number of amides is 1. The first kappa shape index (κ1) is 13.6. The molecule has 114 valence electrons. The number of aromatic nitrogens is 1. The molecule has 1 fully saturated rings. The zero-order valence-electron chi connectivity index (χ0n) is 12.3. The van der Waals surface area contributed by atoms with Gasteiger partial charge in [0.05, 0.1) is 6.54 Å². The van der Waals surface area contributed by atoms with Crippen LogP contribution in [-0.4, -0.2) is 34.5 Å². The van der Waals surface area contributed by atoms with E-state index in [1.165, 1.54) is 4.90 Å². The van der Waals surface area contributed by atoms with Crippen molar-refractivity contribution in [2.45, 2.75) is 12.0 Å². The molecule has 1 atom stereocenters. The number of benzene rings is 1. The molecule has 1 aromatic heterocycles. The van der Waals surface area contributed by atoms with E-state index in [1.807, 2.05) is 36.4 Å². The highest BCUT2D eigenvalue weighted by atomic mass is 16.5. The highest BCUT2D eigenvalue weighted by molar-refractivity contribution is 6.01. The summed E-state index contributed by atoms with van der Waals surface area (Å²) in [7, 11) is 0. The number of carbonyl (C=O) groups is 1. The van der Waals surface area contributed by atoms with Gasteiger partial charge in [0.15, 0.2) is 6.19 Å². The Balaban J connectivity index is 1.67. The zero-order valence-corrected chi connectivity index (χ0v) is 12.3. The van der Waals surface area contributed by atoms with Crippen LogP contribution in [0.15, 0.2) is 42.6 Å². The Morgan fingerprint density at radius 1 is 1.30 bits per heavy atom. The number of ether oxygens (including phenoxy) is 1. The van der Waals surface area contributed by atoms with Gasteiger partial charge in [0.2, 0.25) is 11.5 Å². The average Bonchev–Trinajstić information content (AvgIpc) is 3.01. The van der Waals surface area contributed by atoms with Gasteiger partial charge in [-0.05, 0) is 11.6 Å². The summed E-state index contributed by atoms with van der Waals surface area (Å²) < 4.78 is 5.90. The summed E-state index contributed by atoms with van der Waals surface area (Å²) in [5, 5.41) is 11.9. The van der Waals surface area contributed by atoms with Crippen LogP contribution in [0.1, 0.15) is 6.42 Å². The van der Waals surface area contributed by atoms with Crippen LogP contribution in [0.5, 0.6) is 5.88 Å². The maximum Gasteiger partial charge on any atom is 0.270 e. The van der Waals surface area contributed by atoms with Crippen LogP contribution < -0.4 is 10.1 Å². The van der Waals surface area contributed by atoms with Crippen LogP contribution in [0.2, 0.25) is 0 Å². The molecule has 0 bridgehead atoms. The van der Waals surface area contributed by atoms with Gasteiger partial charge in [0.1, 0.15) is 5.69 Å². The number of hydrogen-bond acceptors (Lipinski definition) is 5. The number of hydrogen-bond donors (Lipinski definition) is 1. The first-order chi connectivity index (χ1) is 11.2. The normalized spacial score (nSPS) is 22.2. The van der Waals surface area contributed by atoms with Crippen molar-refractivity contribution < 1.29 is 9.53 Å². The number of nitrogens with one attached hydrogen (secondary N) is 1. The van der Waals surface area contributed by atoms with Crippen molar-refractivity contribution >= 4 is 11.6 Å². The van der Waals surface area contributed by atoms with Gasteiger partial charge < -0.3 is 15.0 Å². The van der Waals surface area contributed by atoms with Crippen molar-refractivity contribution in [3.8, 4) is 23.2 Å². The highest BCUT2D eigenvalue weighted by Gasteiger charge is 2.50. The van der Waals surface area contributed by atoms with E-state index in [0.29, 0.717) is 24.5 Å². The second-order valence-electron chi connectivity index (χ2n) is 5.76. The molecule has 1 saturated heterocycles. The maximum absolute atomic E-state index is 12.5. The Morgan fingerprint density at radius 3 is 2.87 bits per heavy atom. The van der Waals surface area contributed by atoms with Crippen LogP contribution in [-0.2, 0) is 4.79 Å². The van der Waals surface area contributed by atoms with E-state index in [9.17, 15) is 4.79 Å². The third-order valence-corrected chi connectivity index (χ3v) is 4.29. The molecule has 6 nitrogen and oxygen atoms in total. The monoisotopic (exact) mass is 306 g/mol. The number of carbonyl (C=O) groups excluding carboxylic acids is 1. The molecule has 2 aromatic rings. The molecule has 1 aromatic carbocycles. The Kier molecular flexibility index (Phi) is 2.95. The van der Waals surface area contributed by atoms with Gasteiger partial charge in [-0.3, -0.25) is 4.79 Å². The van der Waals surface area contributed by atoms with Crippen molar-refractivity contribution in [2.75, 3.05) is 18.4 Å². The van der Waals surface area contributed by atoms with Gasteiger partial charge in [-0.25, -0.2) is 4.98 Å². The van der Waals surface area contributed by atoms with Gasteiger partial charge in [-0.15, -0.1) is 0 Å². The molecule has 0 saturated carbocycles. The second kappa shape index (κ2) is 4.99. The van der Waals surface area contributed by atoms with Crippen LogP contribution in [0.4, 0.5) is 5.69 Å². The minimum atomic E-state index is -1.01. The van der Waals surface area contributed by atoms with E-state index >= 15 is 0 Å². The van der Waals surface area contributed by atoms with Gasteiger partial charge in [0.25, 0.3) is 5.91 Å². The molecule has 1 spiro atoms. The van der Waals surface area contributed by atoms with E-state index in [4.69, 9.17) is 10.00 Å². The largest absolute Gasteiger partial charge is 0.457 e. The van der Waals surface area contributed by atoms with E-state index < -0.39 is 5.60 Å². The Morgan fingerprint density at radius 2 is 2.13 bits per heavy atom. The molecule has 2 aliphatic rings. The summed E-state index contributed by atoms with van der Waals surface area (Å²) in [5.74, 6) is 0.193. The Bertz CT molecular complexity index is 815. The van der Waals surface area contributed by atoms with E-state index in [0.717, 1.165) is 11.1 Å². The number of nitrogens with zero attached hydrogens (tertiary/aromatic N) is 3. The minimum Gasteiger partial charge on any atom is -0.457 e. The lowest BCUT2D eigenvalue weighted by Crippen LogP contribution is -2.52. The summed E-state index contributed by atoms with van der Waals surface area (Å²) in [5.41, 5.74) is 1.49. The summed E-state index contributed by atoms with van der Waals surface area (Å²) >= 11 is 0.